The molecule has 1 atom stereocenters. The fourth-order valence-corrected chi connectivity index (χ4v) is 2.81. The number of carbonyl (C=O) groups excluding carboxylic acids is 2. The van der Waals surface area contributed by atoms with Crippen molar-refractivity contribution in [2.24, 2.45) is 17.3 Å². The molecule has 128 valence electrons. The van der Waals surface area contributed by atoms with E-state index in [1.807, 2.05) is 41.5 Å². The smallest absolute Gasteiger partial charge is 0.344 e. The lowest BCUT2D eigenvalue weighted by Crippen LogP contribution is -2.39. The zero-order chi connectivity index (χ0) is 17.0. The second kappa shape index (κ2) is 7.47. The Balaban J connectivity index is 2.44. The van der Waals surface area contributed by atoms with Crippen LogP contribution in [-0.4, -0.2) is 24.1 Å². The number of hydrogen-bond acceptors (Lipinski definition) is 4. The first kappa shape index (κ1) is 19.0. The summed E-state index contributed by atoms with van der Waals surface area (Å²) in [6.45, 7) is 11.4. The topological polar surface area (TPSA) is 52.6 Å². The maximum Gasteiger partial charge on any atom is 0.344 e. The van der Waals surface area contributed by atoms with Gasteiger partial charge in [-0.1, -0.05) is 47.0 Å². The SMILES string of the molecule is CC(C(=O)OCC(=O)OC(C)(C)C1CCCCC1)C(C)(C)C. The van der Waals surface area contributed by atoms with Crippen LogP contribution in [0.2, 0.25) is 0 Å². The van der Waals surface area contributed by atoms with Crippen molar-refractivity contribution in [1.82, 2.24) is 0 Å². The summed E-state index contributed by atoms with van der Waals surface area (Å²) in [4.78, 5) is 23.9. The van der Waals surface area contributed by atoms with Crippen LogP contribution in [0.15, 0.2) is 0 Å². The Morgan fingerprint density at radius 1 is 1.05 bits per heavy atom. The largest absolute Gasteiger partial charge is 0.457 e. The molecule has 1 fully saturated rings. The van der Waals surface area contributed by atoms with E-state index in [0.717, 1.165) is 12.8 Å². The van der Waals surface area contributed by atoms with E-state index in [0.29, 0.717) is 5.92 Å². The quantitative estimate of drug-likeness (QED) is 0.717. The first-order valence-corrected chi connectivity index (χ1v) is 8.42. The number of hydrogen-bond donors (Lipinski definition) is 0. The predicted octanol–water partition coefficient (Wildman–Crippen LogP) is 4.11. The third kappa shape index (κ3) is 5.62. The second-order valence-corrected chi connectivity index (χ2v) is 8.11. The van der Waals surface area contributed by atoms with Crippen molar-refractivity contribution in [1.29, 1.82) is 0 Å². The molecule has 1 unspecified atom stereocenters. The van der Waals surface area contributed by atoms with E-state index in [1.54, 1.807) is 0 Å². The number of esters is 2. The van der Waals surface area contributed by atoms with E-state index in [-0.39, 0.29) is 23.9 Å². The summed E-state index contributed by atoms with van der Waals surface area (Å²) in [7, 11) is 0. The second-order valence-electron chi connectivity index (χ2n) is 8.11. The van der Waals surface area contributed by atoms with Crippen LogP contribution < -0.4 is 0 Å². The molecule has 1 aliphatic rings. The fraction of sp³-hybridized carbons (Fsp3) is 0.889. The molecule has 0 amide bonds. The highest BCUT2D eigenvalue weighted by Gasteiger charge is 2.35. The van der Waals surface area contributed by atoms with Crippen LogP contribution in [-0.2, 0) is 19.1 Å². The summed E-state index contributed by atoms with van der Waals surface area (Å²) in [5.74, 6) is -0.661. The van der Waals surface area contributed by atoms with Crippen LogP contribution in [0.3, 0.4) is 0 Å². The van der Waals surface area contributed by atoms with Crippen molar-refractivity contribution >= 4 is 11.9 Å². The van der Waals surface area contributed by atoms with E-state index in [4.69, 9.17) is 9.47 Å². The molecule has 1 rings (SSSR count). The number of ether oxygens (including phenoxy) is 2. The third-order valence-corrected chi connectivity index (χ3v) is 4.95. The van der Waals surface area contributed by atoms with Gasteiger partial charge < -0.3 is 9.47 Å². The van der Waals surface area contributed by atoms with E-state index < -0.39 is 11.6 Å². The van der Waals surface area contributed by atoms with Crippen molar-refractivity contribution < 1.29 is 19.1 Å². The van der Waals surface area contributed by atoms with Crippen LogP contribution in [0.1, 0.15) is 73.6 Å². The fourth-order valence-electron chi connectivity index (χ4n) is 2.81. The molecule has 0 aromatic carbocycles. The van der Waals surface area contributed by atoms with Crippen LogP contribution >= 0.6 is 0 Å². The molecular formula is C18H32O4. The van der Waals surface area contributed by atoms with Gasteiger partial charge in [0.1, 0.15) is 5.60 Å². The third-order valence-electron chi connectivity index (χ3n) is 4.95. The summed E-state index contributed by atoms with van der Waals surface area (Å²) in [5.41, 5.74) is -0.665. The predicted molar refractivity (Wildman–Crippen MR) is 86.3 cm³/mol. The van der Waals surface area contributed by atoms with Crippen molar-refractivity contribution in [3.8, 4) is 0 Å². The average Bonchev–Trinajstić information content (AvgIpc) is 2.43. The molecule has 4 nitrogen and oxygen atoms in total. The molecule has 0 aromatic heterocycles. The van der Waals surface area contributed by atoms with Crippen LogP contribution in [0.25, 0.3) is 0 Å². The molecule has 0 saturated heterocycles. The van der Waals surface area contributed by atoms with Gasteiger partial charge in [-0.25, -0.2) is 4.79 Å². The monoisotopic (exact) mass is 312 g/mol. The molecule has 1 saturated carbocycles. The highest BCUT2D eigenvalue weighted by molar-refractivity contribution is 5.78. The van der Waals surface area contributed by atoms with Gasteiger partial charge in [0.15, 0.2) is 6.61 Å². The summed E-state index contributed by atoms with van der Waals surface area (Å²) in [5, 5.41) is 0. The van der Waals surface area contributed by atoms with Gasteiger partial charge in [-0.15, -0.1) is 0 Å². The van der Waals surface area contributed by atoms with E-state index in [9.17, 15) is 9.59 Å². The lowest BCUT2D eigenvalue weighted by Gasteiger charge is -2.36. The highest BCUT2D eigenvalue weighted by atomic mass is 16.6. The Labute approximate surface area is 134 Å². The molecule has 0 aromatic rings. The Morgan fingerprint density at radius 2 is 1.59 bits per heavy atom. The Morgan fingerprint density at radius 3 is 2.09 bits per heavy atom. The maximum absolute atomic E-state index is 12.0. The molecule has 0 radical (unpaired) electrons. The maximum atomic E-state index is 12.0. The molecule has 0 bridgehead atoms. The zero-order valence-electron chi connectivity index (χ0n) is 15.0. The Kier molecular flexibility index (Phi) is 6.45. The molecule has 0 heterocycles. The Bertz CT molecular complexity index is 386. The molecule has 0 aliphatic heterocycles. The minimum atomic E-state index is -0.487. The standard InChI is InChI=1S/C18H32O4/c1-13(17(2,3)4)16(20)21-12-15(19)22-18(5,6)14-10-8-7-9-11-14/h13-14H,7-12H2,1-6H3. The lowest BCUT2D eigenvalue weighted by atomic mass is 9.79. The van der Waals surface area contributed by atoms with Gasteiger partial charge in [-0.3, -0.25) is 4.79 Å². The van der Waals surface area contributed by atoms with Crippen molar-refractivity contribution in [3.05, 3.63) is 0 Å². The number of rotatable bonds is 5. The highest BCUT2D eigenvalue weighted by Crippen LogP contribution is 2.34. The molecule has 0 spiro atoms. The molecule has 0 N–H and O–H groups in total. The van der Waals surface area contributed by atoms with Crippen LogP contribution in [0.4, 0.5) is 0 Å². The zero-order valence-corrected chi connectivity index (χ0v) is 15.0. The Hall–Kier alpha value is -1.06. The molecule has 1 aliphatic carbocycles. The summed E-state index contributed by atoms with van der Waals surface area (Å²) in [6.07, 6.45) is 5.86. The lowest BCUT2D eigenvalue weighted by molar-refractivity contribution is -0.175. The van der Waals surface area contributed by atoms with E-state index in [1.165, 1.54) is 19.3 Å². The van der Waals surface area contributed by atoms with E-state index >= 15 is 0 Å². The average molecular weight is 312 g/mol. The minimum absolute atomic E-state index is 0.178. The summed E-state index contributed by atoms with van der Waals surface area (Å²) < 4.78 is 10.7. The van der Waals surface area contributed by atoms with Crippen LogP contribution in [0.5, 0.6) is 0 Å². The van der Waals surface area contributed by atoms with Gasteiger partial charge in [0.25, 0.3) is 0 Å². The van der Waals surface area contributed by atoms with Gasteiger partial charge in [0.2, 0.25) is 0 Å². The van der Waals surface area contributed by atoms with Gasteiger partial charge in [0.05, 0.1) is 5.92 Å². The molecule has 4 heteroatoms. The van der Waals surface area contributed by atoms with Crippen molar-refractivity contribution in [2.75, 3.05) is 6.61 Å². The first-order valence-electron chi connectivity index (χ1n) is 8.42. The normalized spacial score (nSPS) is 18.6. The molecular weight excluding hydrogens is 280 g/mol. The van der Waals surface area contributed by atoms with Crippen molar-refractivity contribution in [3.63, 3.8) is 0 Å². The summed E-state index contributed by atoms with van der Waals surface area (Å²) in [6, 6.07) is 0. The van der Waals surface area contributed by atoms with Crippen molar-refractivity contribution in [2.45, 2.75) is 79.2 Å². The first-order chi connectivity index (χ1) is 10.0. The van der Waals surface area contributed by atoms with Gasteiger partial charge in [0, 0.05) is 0 Å². The van der Waals surface area contributed by atoms with Crippen LogP contribution in [0, 0.1) is 17.3 Å². The summed E-state index contributed by atoms with van der Waals surface area (Å²) >= 11 is 0. The minimum Gasteiger partial charge on any atom is -0.457 e. The number of carbonyl (C=O) groups is 2. The van der Waals surface area contributed by atoms with Gasteiger partial charge in [-0.05, 0) is 38.0 Å². The van der Waals surface area contributed by atoms with E-state index in [2.05, 4.69) is 0 Å². The van der Waals surface area contributed by atoms with Gasteiger partial charge >= 0.3 is 11.9 Å². The molecule has 22 heavy (non-hydrogen) atoms. The van der Waals surface area contributed by atoms with Gasteiger partial charge in [-0.2, -0.15) is 0 Å².